The molecule has 0 radical (unpaired) electrons. The average Bonchev–Trinajstić information content (AvgIpc) is 2.54. The van der Waals surface area contributed by atoms with E-state index in [1.54, 1.807) is 0 Å². The van der Waals surface area contributed by atoms with Crippen LogP contribution in [0.15, 0.2) is 54.6 Å². The molecular formula is C20H20N2. The average molecular weight is 288 g/mol. The van der Waals surface area contributed by atoms with Crippen LogP contribution in [-0.4, -0.2) is 10.7 Å². The van der Waals surface area contributed by atoms with Crippen molar-refractivity contribution in [1.29, 1.82) is 5.41 Å². The van der Waals surface area contributed by atoms with Gasteiger partial charge >= 0.3 is 0 Å². The van der Waals surface area contributed by atoms with Crippen LogP contribution in [-0.2, 0) is 0 Å². The maximum absolute atomic E-state index is 8.30. The maximum atomic E-state index is 8.30. The number of fused-ring (bicyclic) bond motifs is 1. The predicted octanol–water partition coefficient (Wildman–Crippen LogP) is 5.38. The zero-order chi connectivity index (χ0) is 15.5. The molecule has 0 fully saturated rings. The van der Waals surface area contributed by atoms with Gasteiger partial charge in [-0.3, -0.25) is 4.98 Å². The van der Waals surface area contributed by atoms with E-state index in [0.29, 0.717) is 5.71 Å². The third kappa shape index (κ3) is 2.77. The fourth-order valence-corrected chi connectivity index (χ4v) is 2.81. The summed E-state index contributed by atoms with van der Waals surface area (Å²) in [5.74, 6) is 0. The Hall–Kier alpha value is -2.48. The van der Waals surface area contributed by atoms with Crippen molar-refractivity contribution in [3.63, 3.8) is 0 Å². The highest BCUT2D eigenvalue weighted by Crippen LogP contribution is 2.26. The Labute approximate surface area is 131 Å². The second kappa shape index (κ2) is 6.10. The minimum Gasteiger partial charge on any atom is -0.305 e. The molecule has 22 heavy (non-hydrogen) atoms. The molecule has 0 aliphatic rings. The van der Waals surface area contributed by atoms with E-state index in [1.807, 2.05) is 31.2 Å². The number of benzene rings is 2. The molecule has 3 rings (SSSR count). The van der Waals surface area contributed by atoms with Crippen molar-refractivity contribution in [3.8, 4) is 11.1 Å². The monoisotopic (exact) mass is 288 g/mol. The number of nitrogens with one attached hydrogen (secondary N) is 1. The lowest BCUT2D eigenvalue weighted by Crippen LogP contribution is -2.01. The lowest BCUT2D eigenvalue weighted by molar-refractivity contribution is 0.986. The summed E-state index contributed by atoms with van der Waals surface area (Å²) in [6, 6.07) is 18.7. The van der Waals surface area contributed by atoms with Crippen LogP contribution in [0, 0.1) is 12.3 Å². The largest absolute Gasteiger partial charge is 0.305 e. The first-order valence-corrected chi connectivity index (χ1v) is 7.73. The van der Waals surface area contributed by atoms with Crippen LogP contribution in [0.25, 0.3) is 22.0 Å². The molecule has 2 nitrogen and oxygen atoms in total. The van der Waals surface area contributed by atoms with E-state index in [1.165, 1.54) is 11.1 Å². The van der Waals surface area contributed by atoms with Crippen LogP contribution >= 0.6 is 0 Å². The van der Waals surface area contributed by atoms with Gasteiger partial charge in [-0.1, -0.05) is 55.8 Å². The molecule has 0 saturated carbocycles. The summed E-state index contributed by atoms with van der Waals surface area (Å²) in [6.07, 6.45) is 1.79. The molecule has 0 atom stereocenters. The summed E-state index contributed by atoms with van der Waals surface area (Å²) >= 11 is 0. The number of pyridine rings is 1. The molecule has 110 valence electrons. The quantitative estimate of drug-likeness (QED) is 0.643. The van der Waals surface area contributed by atoms with E-state index >= 15 is 0 Å². The molecule has 0 unspecified atom stereocenters. The zero-order valence-corrected chi connectivity index (χ0v) is 13.1. The highest BCUT2D eigenvalue weighted by molar-refractivity contribution is 6.09. The van der Waals surface area contributed by atoms with Crippen LogP contribution < -0.4 is 0 Å². The fraction of sp³-hybridized carbons (Fsp3) is 0.200. The number of nitrogens with zero attached hydrogens (tertiary/aromatic N) is 1. The summed E-state index contributed by atoms with van der Waals surface area (Å²) in [7, 11) is 0. The Morgan fingerprint density at radius 3 is 2.50 bits per heavy atom. The molecule has 1 N–H and O–H groups in total. The Bertz CT molecular complexity index is 820. The summed E-state index contributed by atoms with van der Waals surface area (Å²) in [5.41, 5.74) is 6.01. The van der Waals surface area contributed by atoms with Gasteiger partial charge in [-0.05, 0) is 36.6 Å². The Kier molecular flexibility index (Phi) is 4.01. The molecule has 0 amide bonds. The minimum atomic E-state index is 0.700. The number of hydrogen-bond donors (Lipinski definition) is 1. The van der Waals surface area contributed by atoms with Gasteiger partial charge in [-0.2, -0.15) is 0 Å². The number of hydrogen-bond acceptors (Lipinski definition) is 2. The SMILES string of the molecule is CCCC(=N)c1cc(C)nc2cc(-c3ccccc3)ccc12. The standard InChI is InChI=1S/C20H20N2/c1-3-7-19(21)18-12-14(2)22-20-13-16(10-11-17(18)20)15-8-5-4-6-9-15/h4-6,8-13,21H,3,7H2,1-2H3. The van der Waals surface area contributed by atoms with Crippen molar-refractivity contribution in [2.24, 2.45) is 0 Å². The lowest BCUT2D eigenvalue weighted by Gasteiger charge is -2.10. The van der Waals surface area contributed by atoms with Gasteiger partial charge in [-0.15, -0.1) is 0 Å². The first kappa shape index (κ1) is 14.5. The highest BCUT2D eigenvalue weighted by Gasteiger charge is 2.09. The summed E-state index contributed by atoms with van der Waals surface area (Å²) < 4.78 is 0. The second-order valence-corrected chi connectivity index (χ2v) is 5.64. The van der Waals surface area contributed by atoms with Crippen LogP contribution in [0.3, 0.4) is 0 Å². The van der Waals surface area contributed by atoms with Gasteiger partial charge in [0.05, 0.1) is 5.52 Å². The minimum absolute atomic E-state index is 0.700. The third-order valence-corrected chi connectivity index (χ3v) is 3.87. The molecule has 0 spiro atoms. The summed E-state index contributed by atoms with van der Waals surface area (Å²) in [6.45, 7) is 4.11. The van der Waals surface area contributed by atoms with Gasteiger partial charge in [0.15, 0.2) is 0 Å². The first-order valence-electron chi connectivity index (χ1n) is 7.73. The van der Waals surface area contributed by atoms with Crippen molar-refractivity contribution in [1.82, 2.24) is 4.98 Å². The van der Waals surface area contributed by atoms with E-state index in [9.17, 15) is 0 Å². The van der Waals surface area contributed by atoms with Gasteiger partial charge in [-0.25, -0.2) is 0 Å². The van der Waals surface area contributed by atoms with E-state index < -0.39 is 0 Å². The molecule has 0 aliphatic heterocycles. The predicted molar refractivity (Wildman–Crippen MR) is 93.7 cm³/mol. The van der Waals surface area contributed by atoms with Crippen molar-refractivity contribution in [2.75, 3.05) is 0 Å². The molecule has 1 aromatic heterocycles. The normalized spacial score (nSPS) is 10.8. The van der Waals surface area contributed by atoms with E-state index in [4.69, 9.17) is 5.41 Å². The summed E-state index contributed by atoms with van der Waals surface area (Å²) in [4.78, 5) is 4.67. The number of aromatic nitrogens is 1. The van der Waals surface area contributed by atoms with Crippen LogP contribution in [0.1, 0.15) is 31.0 Å². The van der Waals surface area contributed by atoms with E-state index in [0.717, 1.165) is 35.0 Å². The topological polar surface area (TPSA) is 36.7 Å². The van der Waals surface area contributed by atoms with Gasteiger partial charge in [0.1, 0.15) is 0 Å². The summed E-state index contributed by atoms with van der Waals surface area (Å²) in [5, 5.41) is 9.37. The Balaban J connectivity index is 2.15. The molecule has 2 heteroatoms. The van der Waals surface area contributed by atoms with Crippen molar-refractivity contribution in [3.05, 3.63) is 65.9 Å². The number of rotatable bonds is 4. The first-order chi connectivity index (χ1) is 10.7. The fourth-order valence-electron chi connectivity index (χ4n) is 2.81. The van der Waals surface area contributed by atoms with Crippen LogP contribution in [0.2, 0.25) is 0 Å². The maximum Gasteiger partial charge on any atom is 0.0718 e. The molecule has 0 aliphatic carbocycles. The van der Waals surface area contributed by atoms with Gasteiger partial charge in [0.2, 0.25) is 0 Å². The molecule has 2 aromatic carbocycles. The number of aryl methyl sites for hydroxylation is 1. The van der Waals surface area contributed by atoms with E-state index in [-0.39, 0.29) is 0 Å². The molecule has 3 aromatic rings. The van der Waals surface area contributed by atoms with Gasteiger partial charge < -0.3 is 5.41 Å². The van der Waals surface area contributed by atoms with Crippen molar-refractivity contribution >= 4 is 16.6 Å². The molecule has 0 saturated heterocycles. The second-order valence-electron chi connectivity index (χ2n) is 5.64. The van der Waals surface area contributed by atoms with Crippen LogP contribution in [0.4, 0.5) is 0 Å². The Morgan fingerprint density at radius 1 is 1.00 bits per heavy atom. The van der Waals surface area contributed by atoms with Gasteiger partial charge in [0, 0.05) is 22.4 Å². The molecular weight excluding hydrogens is 268 g/mol. The van der Waals surface area contributed by atoms with E-state index in [2.05, 4.69) is 42.2 Å². The van der Waals surface area contributed by atoms with Gasteiger partial charge in [0.25, 0.3) is 0 Å². The van der Waals surface area contributed by atoms with Crippen molar-refractivity contribution in [2.45, 2.75) is 26.7 Å². The Morgan fingerprint density at radius 2 is 1.77 bits per heavy atom. The lowest BCUT2D eigenvalue weighted by atomic mass is 9.97. The third-order valence-electron chi connectivity index (χ3n) is 3.87. The smallest absolute Gasteiger partial charge is 0.0718 e. The molecule has 0 bridgehead atoms. The molecule has 1 heterocycles. The van der Waals surface area contributed by atoms with Crippen molar-refractivity contribution < 1.29 is 0 Å². The highest BCUT2D eigenvalue weighted by atomic mass is 14.7. The van der Waals surface area contributed by atoms with Crippen LogP contribution in [0.5, 0.6) is 0 Å². The zero-order valence-electron chi connectivity index (χ0n) is 13.1.